The molecule has 2 aromatic heterocycles. The topological polar surface area (TPSA) is 87.7 Å². The first-order valence-corrected chi connectivity index (χ1v) is 5.84. The highest BCUT2D eigenvalue weighted by atomic mass is 16.2. The molecule has 1 aliphatic rings. The third kappa shape index (κ3) is 1.94. The van der Waals surface area contributed by atoms with Gasteiger partial charge in [-0.15, -0.1) is 10.2 Å². The molecule has 0 aliphatic carbocycles. The highest BCUT2D eigenvalue weighted by Gasteiger charge is 2.20. The van der Waals surface area contributed by atoms with Crippen LogP contribution in [0.4, 0.5) is 0 Å². The maximum atomic E-state index is 12.1. The Kier molecular flexibility index (Phi) is 2.71. The smallest absolute Gasteiger partial charge is 0.272 e. The van der Waals surface area contributed by atoms with Gasteiger partial charge in [0, 0.05) is 24.8 Å². The highest BCUT2D eigenvalue weighted by molar-refractivity contribution is 5.92. The number of H-pyrrole nitrogens is 1. The van der Waals surface area contributed by atoms with Gasteiger partial charge in [0.25, 0.3) is 5.91 Å². The Bertz CT molecular complexity index is 529. The van der Waals surface area contributed by atoms with Crippen LogP contribution in [0.5, 0.6) is 0 Å². The van der Waals surface area contributed by atoms with Crippen molar-refractivity contribution in [3.63, 3.8) is 0 Å². The largest absolute Gasteiger partial charge is 0.337 e. The summed E-state index contributed by atoms with van der Waals surface area (Å²) < 4.78 is 0. The summed E-state index contributed by atoms with van der Waals surface area (Å²) in [5.74, 6) is 0.467. The Morgan fingerprint density at radius 1 is 1.28 bits per heavy atom. The molecule has 0 bridgehead atoms. The van der Waals surface area contributed by atoms with E-state index >= 15 is 0 Å². The van der Waals surface area contributed by atoms with E-state index in [2.05, 4.69) is 25.6 Å². The number of likely N-dealkylation sites (tertiary alicyclic amines) is 1. The number of pyridine rings is 1. The number of hydrogen-bond acceptors (Lipinski definition) is 5. The van der Waals surface area contributed by atoms with Crippen molar-refractivity contribution in [3.05, 3.63) is 24.0 Å². The molecule has 1 N–H and O–H groups in total. The summed E-state index contributed by atoms with van der Waals surface area (Å²) in [4.78, 5) is 18.1. The quantitative estimate of drug-likeness (QED) is 0.831. The van der Waals surface area contributed by atoms with Crippen LogP contribution in [0, 0.1) is 0 Å². The Hall–Kier alpha value is -2.31. The fraction of sp³-hybridized carbons (Fsp3) is 0.364. The molecule has 0 saturated carbocycles. The summed E-state index contributed by atoms with van der Waals surface area (Å²) in [7, 11) is 0. The standard InChI is InChI=1S/C11H12N6O/c18-11(17-5-1-2-6-17)9-4-3-8(7-12-9)10-13-15-16-14-10/h3-4,7H,1-2,5-6H2,(H,13,14,15,16). The Morgan fingerprint density at radius 2 is 2.11 bits per heavy atom. The van der Waals surface area contributed by atoms with Crippen LogP contribution in [0.1, 0.15) is 23.3 Å². The molecule has 7 nitrogen and oxygen atoms in total. The highest BCUT2D eigenvalue weighted by Crippen LogP contribution is 2.15. The van der Waals surface area contributed by atoms with Gasteiger partial charge in [0.2, 0.25) is 5.82 Å². The zero-order valence-electron chi connectivity index (χ0n) is 9.70. The van der Waals surface area contributed by atoms with Gasteiger partial charge >= 0.3 is 0 Å². The summed E-state index contributed by atoms with van der Waals surface area (Å²) in [5, 5.41) is 13.6. The second kappa shape index (κ2) is 4.52. The SMILES string of the molecule is O=C(c1ccc(-c2nn[nH]n2)cn1)N1CCCC1. The normalized spacial score (nSPS) is 15.0. The van der Waals surface area contributed by atoms with Crippen LogP contribution in [0.3, 0.4) is 0 Å². The first-order chi connectivity index (χ1) is 8.84. The lowest BCUT2D eigenvalue weighted by Crippen LogP contribution is -2.28. The van der Waals surface area contributed by atoms with Gasteiger partial charge in [-0.25, -0.2) is 0 Å². The fourth-order valence-corrected chi connectivity index (χ4v) is 2.02. The average Bonchev–Trinajstić information content (AvgIpc) is 3.11. The third-order valence-corrected chi connectivity index (χ3v) is 2.98. The van der Waals surface area contributed by atoms with Crippen LogP contribution >= 0.6 is 0 Å². The van der Waals surface area contributed by atoms with E-state index in [0.717, 1.165) is 31.5 Å². The number of aromatic nitrogens is 5. The Balaban J connectivity index is 1.80. The number of tetrazole rings is 1. The molecule has 2 aromatic rings. The van der Waals surface area contributed by atoms with E-state index in [9.17, 15) is 4.79 Å². The van der Waals surface area contributed by atoms with Gasteiger partial charge < -0.3 is 4.90 Å². The molecule has 1 saturated heterocycles. The molecule has 18 heavy (non-hydrogen) atoms. The van der Waals surface area contributed by atoms with Crippen molar-refractivity contribution in [2.24, 2.45) is 0 Å². The molecule has 1 aliphatic heterocycles. The maximum absolute atomic E-state index is 12.1. The number of nitrogens with one attached hydrogen (secondary N) is 1. The summed E-state index contributed by atoms with van der Waals surface area (Å²) in [6.07, 6.45) is 3.74. The van der Waals surface area contributed by atoms with Gasteiger partial charge in [-0.2, -0.15) is 5.21 Å². The minimum absolute atomic E-state index is 0.00726. The molecule has 0 spiro atoms. The van der Waals surface area contributed by atoms with Crippen molar-refractivity contribution >= 4 is 5.91 Å². The molecule has 0 atom stereocenters. The maximum Gasteiger partial charge on any atom is 0.272 e. The molecule has 0 unspecified atom stereocenters. The van der Waals surface area contributed by atoms with Gasteiger partial charge in [-0.1, -0.05) is 0 Å². The number of aromatic amines is 1. The van der Waals surface area contributed by atoms with Gasteiger partial charge in [0.05, 0.1) is 0 Å². The van der Waals surface area contributed by atoms with Crippen LogP contribution in [0.15, 0.2) is 18.3 Å². The lowest BCUT2D eigenvalue weighted by atomic mass is 10.2. The minimum Gasteiger partial charge on any atom is -0.337 e. The van der Waals surface area contributed by atoms with Crippen molar-refractivity contribution < 1.29 is 4.79 Å². The zero-order valence-corrected chi connectivity index (χ0v) is 9.70. The second-order valence-corrected chi connectivity index (χ2v) is 4.17. The first-order valence-electron chi connectivity index (χ1n) is 5.84. The van der Waals surface area contributed by atoms with E-state index in [1.54, 1.807) is 18.3 Å². The summed E-state index contributed by atoms with van der Waals surface area (Å²) >= 11 is 0. The molecule has 7 heteroatoms. The van der Waals surface area contributed by atoms with Crippen molar-refractivity contribution in [1.29, 1.82) is 0 Å². The number of amides is 1. The van der Waals surface area contributed by atoms with E-state index < -0.39 is 0 Å². The molecule has 1 fully saturated rings. The number of hydrogen-bond donors (Lipinski definition) is 1. The van der Waals surface area contributed by atoms with Crippen molar-refractivity contribution in [2.45, 2.75) is 12.8 Å². The summed E-state index contributed by atoms with van der Waals surface area (Å²) in [6.45, 7) is 1.65. The summed E-state index contributed by atoms with van der Waals surface area (Å²) in [5.41, 5.74) is 1.20. The average molecular weight is 244 g/mol. The van der Waals surface area contributed by atoms with Crippen LogP contribution < -0.4 is 0 Å². The van der Waals surface area contributed by atoms with Crippen LogP contribution in [0.25, 0.3) is 11.4 Å². The minimum atomic E-state index is -0.00726. The molecule has 0 radical (unpaired) electrons. The lowest BCUT2D eigenvalue weighted by Gasteiger charge is -2.14. The Labute approximate surface area is 103 Å². The van der Waals surface area contributed by atoms with E-state index in [1.807, 2.05) is 4.90 Å². The van der Waals surface area contributed by atoms with E-state index in [4.69, 9.17) is 0 Å². The van der Waals surface area contributed by atoms with Crippen LogP contribution in [-0.4, -0.2) is 49.5 Å². The molecular formula is C11H12N6O. The molecule has 0 aromatic carbocycles. The van der Waals surface area contributed by atoms with Crippen molar-refractivity contribution in [1.82, 2.24) is 30.5 Å². The van der Waals surface area contributed by atoms with Crippen molar-refractivity contribution in [3.8, 4) is 11.4 Å². The fourth-order valence-electron chi connectivity index (χ4n) is 2.02. The zero-order chi connectivity index (χ0) is 12.4. The number of carbonyl (C=O) groups excluding carboxylic acids is 1. The van der Waals surface area contributed by atoms with Crippen molar-refractivity contribution in [2.75, 3.05) is 13.1 Å². The van der Waals surface area contributed by atoms with Gasteiger partial charge in [0.15, 0.2) is 0 Å². The van der Waals surface area contributed by atoms with Gasteiger partial charge in [-0.05, 0) is 30.2 Å². The van der Waals surface area contributed by atoms with E-state index in [1.165, 1.54) is 0 Å². The molecular weight excluding hydrogens is 232 g/mol. The van der Waals surface area contributed by atoms with Crippen LogP contribution in [-0.2, 0) is 0 Å². The molecule has 3 heterocycles. The first kappa shape index (κ1) is 10.8. The van der Waals surface area contributed by atoms with Crippen LogP contribution in [0.2, 0.25) is 0 Å². The summed E-state index contributed by atoms with van der Waals surface area (Å²) in [6, 6.07) is 3.48. The second-order valence-electron chi connectivity index (χ2n) is 4.17. The lowest BCUT2D eigenvalue weighted by molar-refractivity contribution is 0.0787. The van der Waals surface area contributed by atoms with E-state index in [-0.39, 0.29) is 5.91 Å². The predicted molar refractivity (Wildman–Crippen MR) is 62.5 cm³/mol. The van der Waals surface area contributed by atoms with E-state index in [0.29, 0.717) is 11.5 Å². The third-order valence-electron chi connectivity index (χ3n) is 2.98. The monoisotopic (exact) mass is 244 g/mol. The molecule has 1 amide bonds. The number of carbonyl (C=O) groups is 1. The number of rotatable bonds is 2. The van der Waals surface area contributed by atoms with Gasteiger partial charge in [0.1, 0.15) is 5.69 Å². The number of nitrogens with zero attached hydrogens (tertiary/aromatic N) is 5. The molecule has 3 rings (SSSR count). The Morgan fingerprint density at radius 3 is 2.72 bits per heavy atom. The van der Waals surface area contributed by atoms with Gasteiger partial charge in [-0.3, -0.25) is 9.78 Å². The molecule has 92 valence electrons. The predicted octanol–water partition coefficient (Wildman–Crippen LogP) is 0.498.